The molecule has 3 heterocycles. The number of hydrogen-bond acceptors (Lipinski definition) is 6. The molecule has 4 rings (SSSR count). The van der Waals surface area contributed by atoms with Gasteiger partial charge in [-0.25, -0.2) is 18.7 Å². The van der Waals surface area contributed by atoms with Gasteiger partial charge in [0.25, 0.3) is 17.0 Å². The largest absolute Gasteiger partial charge is 0.416 e. The number of aromatic nitrogens is 4. The fourth-order valence-corrected chi connectivity index (χ4v) is 3.60. The minimum Gasteiger partial charge on any atom is -0.359 e. The van der Waals surface area contributed by atoms with Crippen molar-refractivity contribution in [1.29, 1.82) is 0 Å². The molecule has 1 unspecified atom stereocenters. The molecule has 1 fully saturated rings. The van der Waals surface area contributed by atoms with Crippen LogP contribution in [0, 0.1) is 0 Å². The van der Waals surface area contributed by atoms with Crippen molar-refractivity contribution in [3.8, 4) is 11.3 Å². The fourth-order valence-electron chi connectivity index (χ4n) is 3.60. The zero-order valence-electron chi connectivity index (χ0n) is 17.2. The third kappa shape index (κ3) is 4.76. The highest BCUT2D eigenvalue weighted by molar-refractivity contribution is 5.62. The second-order valence-corrected chi connectivity index (χ2v) is 7.72. The van der Waals surface area contributed by atoms with E-state index in [-0.39, 0.29) is 30.0 Å². The smallest absolute Gasteiger partial charge is 0.359 e. The van der Waals surface area contributed by atoms with Crippen molar-refractivity contribution in [1.82, 2.24) is 25.5 Å². The van der Waals surface area contributed by atoms with Gasteiger partial charge in [0, 0.05) is 19.3 Å². The summed E-state index contributed by atoms with van der Waals surface area (Å²) in [6.07, 6.45) is -3.42. The third-order valence-electron chi connectivity index (χ3n) is 5.37. The highest BCUT2D eigenvalue weighted by Crippen LogP contribution is 2.32. The summed E-state index contributed by atoms with van der Waals surface area (Å²) in [6, 6.07) is 3.89. The summed E-state index contributed by atoms with van der Waals surface area (Å²) in [7, 11) is 0. The number of nitrogens with one attached hydrogen (secondary N) is 4. The molecule has 0 amide bonds. The van der Waals surface area contributed by atoms with E-state index < -0.39 is 47.1 Å². The van der Waals surface area contributed by atoms with Gasteiger partial charge in [0.2, 0.25) is 0 Å². The molecule has 0 spiro atoms. The number of rotatable bonds is 5. The molecule has 1 aliphatic heterocycles. The van der Waals surface area contributed by atoms with Crippen molar-refractivity contribution >= 4 is 5.69 Å². The number of aromatic amines is 3. The van der Waals surface area contributed by atoms with E-state index in [4.69, 9.17) is 0 Å². The molecule has 14 heteroatoms. The number of halogens is 5. The molecule has 0 saturated carbocycles. The van der Waals surface area contributed by atoms with Crippen LogP contribution in [0.4, 0.5) is 27.6 Å². The molecular formula is C20H17F5N6O3. The zero-order valence-corrected chi connectivity index (χ0v) is 17.2. The van der Waals surface area contributed by atoms with Crippen LogP contribution in [-0.2, 0) is 12.7 Å². The van der Waals surface area contributed by atoms with E-state index in [0.29, 0.717) is 5.56 Å². The quantitative estimate of drug-likeness (QED) is 0.406. The van der Waals surface area contributed by atoms with Crippen LogP contribution in [0.25, 0.3) is 11.3 Å². The van der Waals surface area contributed by atoms with Crippen LogP contribution in [0.3, 0.4) is 0 Å². The second-order valence-electron chi connectivity index (χ2n) is 7.72. The van der Waals surface area contributed by atoms with Gasteiger partial charge in [-0.1, -0.05) is 12.1 Å². The van der Waals surface area contributed by atoms with E-state index in [1.54, 1.807) is 0 Å². The molecule has 9 nitrogen and oxygen atoms in total. The lowest BCUT2D eigenvalue weighted by molar-refractivity contribution is -0.137. The van der Waals surface area contributed by atoms with Gasteiger partial charge in [0.15, 0.2) is 0 Å². The number of hydrogen-bond donors (Lipinski definition) is 4. The van der Waals surface area contributed by atoms with Gasteiger partial charge in [0.05, 0.1) is 29.4 Å². The Morgan fingerprint density at radius 3 is 2.47 bits per heavy atom. The predicted molar refractivity (Wildman–Crippen MR) is 111 cm³/mol. The van der Waals surface area contributed by atoms with Crippen molar-refractivity contribution in [2.24, 2.45) is 0 Å². The molecule has 34 heavy (non-hydrogen) atoms. The van der Waals surface area contributed by atoms with E-state index in [2.05, 4.69) is 20.5 Å². The van der Waals surface area contributed by atoms with Gasteiger partial charge < -0.3 is 15.2 Å². The molecule has 1 saturated heterocycles. The maximum atomic E-state index is 14.7. The Bertz CT molecular complexity index is 1360. The lowest BCUT2D eigenvalue weighted by atomic mass is 10.1. The first kappa shape index (κ1) is 23.4. The SMILES string of the molecule is O=c1[nH]cc(-c2cc(N3CC(NCc4ccc(C(F)(F)F)cc4)C(F)(F)C3)c(=O)[nH]n2)c(=O)[nH]1. The number of nitrogens with zero attached hydrogens (tertiary/aromatic N) is 2. The lowest BCUT2D eigenvalue weighted by Crippen LogP contribution is -2.43. The third-order valence-corrected chi connectivity index (χ3v) is 5.37. The highest BCUT2D eigenvalue weighted by Gasteiger charge is 2.48. The fraction of sp³-hybridized carbons (Fsp3) is 0.300. The average molecular weight is 484 g/mol. The molecule has 1 aliphatic rings. The topological polar surface area (TPSA) is 127 Å². The molecule has 1 atom stereocenters. The van der Waals surface area contributed by atoms with E-state index in [0.717, 1.165) is 29.3 Å². The minimum atomic E-state index is -4.50. The molecule has 0 aliphatic carbocycles. The Morgan fingerprint density at radius 2 is 1.82 bits per heavy atom. The predicted octanol–water partition coefficient (Wildman–Crippen LogP) is 1.45. The zero-order chi connectivity index (χ0) is 24.7. The van der Waals surface area contributed by atoms with Gasteiger partial charge in [-0.15, -0.1) is 0 Å². The van der Waals surface area contributed by atoms with Crippen molar-refractivity contribution < 1.29 is 22.0 Å². The molecule has 1 aromatic carbocycles. The second kappa shape index (κ2) is 8.52. The molecule has 3 aromatic rings. The van der Waals surface area contributed by atoms with Crippen molar-refractivity contribution in [2.45, 2.75) is 24.7 Å². The number of benzene rings is 1. The molecule has 0 bridgehead atoms. The average Bonchev–Trinajstić information content (AvgIpc) is 3.06. The van der Waals surface area contributed by atoms with Crippen LogP contribution in [0.5, 0.6) is 0 Å². The Balaban J connectivity index is 1.52. The Hall–Kier alpha value is -3.81. The molecule has 180 valence electrons. The van der Waals surface area contributed by atoms with Gasteiger partial charge in [-0.3, -0.25) is 14.6 Å². The molecule has 4 N–H and O–H groups in total. The van der Waals surface area contributed by atoms with Crippen molar-refractivity contribution in [3.05, 3.63) is 78.8 Å². The summed E-state index contributed by atoms with van der Waals surface area (Å²) in [5, 5.41) is 8.52. The van der Waals surface area contributed by atoms with Crippen LogP contribution in [0.15, 0.2) is 50.9 Å². The first-order valence-electron chi connectivity index (χ1n) is 9.88. The Labute approximate surface area is 186 Å². The highest BCUT2D eigenvalue weighted by atomic mass is 19.4. The van der Waals surface area contributed by atoms with Crippen LogP contribution in [0.1, 0.15) is 11.1 Å². The first-order valence-corrected chi connectivity index (χ1v) is 9.88. The van der Waals surface area contributed by atoms with E-state index >= 15 is 0 Å². The molecule has 2 aromatic heterocycles. The Kier molecular flexibility index (Phi) is 5.85. The van der Waals surface area contributed by atoms with Gasteiger partial charge in [0.1, 0.15) is 5.69 Å². The van der Waals surface area contributed by atoms with Gasteiger partial charge >= 0.3 is 11.9 Å². The summed E-state index contributed by atoms with van der Waals surface area (Å²) < 4.78 is 67.3. The number of alkyl halides is 5. The standard InChI is InChI=1S/C20H17F5N6O3/c21-19(22)9-31(8-15(19)26-6-10-1-3-11(4-2-10)20(23,24)25)14-5-13(29-30-17(14)33)12-7-27-18(34)28-16(12)32/h1-5,7,15,26H,6,8-9H2,(H,30,33)(H2,27,28,32,34). The van der Waals surface area contributed by atoms with Crippen molar-refractivity contribution in [3.63, 3.8) is 0 Å². The van der Waals surface area contributed by atoms with Crippen LogP contribution in [-0.4, -0.2) is 45.2 Å². The van der Waals surface area contributed by atoms with Crippen LogP contribution < -0.4 is 27.0 Å². The minimum absolute atomic E-state index is 0.0448. The lowest BCUT2D eigenvalue weighted by Gasteiger charge is -2.19. The van der Waals surface area contributed by atoms with Crippen molar-refractivity contribution in [2.75, 3.05) is 18.0 Å². The van der Waals surface area contributed by atoms with Crippen LogP contribution in [0.2, 0.25) is 0 Å². The monoisotopic (exact) mass is 484 g/mol. The molecule has 0 radical (unpaired) electrons. The Morgan fingerprint density at radius 1 is 1.12 bits per heavy atom. The first-order chi connectivity index (χ1) is 15.9. The summed E-state index contributed by atoms with van der Waals surface area (Å²) in [5.74, 6) is -3.27. The summed E-state index contributed by atoms with van der Waals surface area (Å²) in [6.45, 7) is -1.22. The van der Waals surface area contributed by atoms with E-state index in [1.165, 1.54) is 12.1 Å². The maximum Gasteiger partial charge on any atom is 0.416 e. The molecular weight excluding hydrogens is 467 g/mol. The summed E-state index contributed by atoms with van der Waals surface area (Å²) in [4.78, 5) is 40.8. The van der Waals surface area contributed by atoms with E-state index in [1.807, 2.05) is 4.98 Å². The number of H-pyrrole nitrogens is 3. The summed E-state index contributed by atoms with van der Waals surface area (Å²) >= 11 is 0. The van der Waals surface area contributed by atoms with Crippen LogP contribution >= 0.6 is 0 Å². The van der Waals surface area contributed by atoms with E-state index in [9.17, 15) is 36.3 Å². The van der Waals surface area contributed by atoms with Gasteiger partial charge in [-0.2, -0.15) is 18.3 Å². The maximum absolute atomic E-state index is 14.7. The number of anilines is 1. The van der Waals surface area contributed by atoms with Gasteiger partial charge in [-0.05, 0) is 23.8 Å². The normalized spacial score (nSPS) is 17.8. The summed E-state index contributed by atoms with van der Waals surface area (Å²) in [5.41, 5.74) is -3.04.